The minimum atomic E-state index is 0.232. The molecule has 2 aliphatic rings. The molecule has 0 spiro atoms. The van der Waals surface area contributed by atoms with E-state index in [1.165, 1.54) is 5.56 Å². The lowest BCUT2D eigenvalue weighted by atomic mass is 9.94. The number of aryl methyl sites for hydroxylation is 2. The molecule has 2 aromatic rings. The standard InChI is InChI=1S/C18H18ClNO2/c1-2-22-16-9-12-5-7-20-8-6-13(18(21)11-3-4-11)17(20)14(12)10-15(16)19/h6,8-11H,2-5,7H2,1H3. The number of halogens is 1. The third-order valence-electron chi connectivity index (χ3n) is 4.51. The van der Waals surface area contributed by atoms with E-state index >= 15 is 0 Å². The number of hydrogen-bond acceptors (Lipinski definition) is 2. The Labute approximate surface area is 134 Å². The zero-order valence-corrected chi connectivity index (χ0v) is 13.3. The fraction of sp³-hybridized carbons (Fsp3) is 0.389. The summed E-state index contributed by atoms with van der Waals surface area (Å²) < 4.78 is 7.77. The zero-order valence-electron chi connectivity index (χ0n) is 12.6. The summed E-state index contributed by atoms with van der Waals surface area (Å²) in [7, 11) is 0. The first-order valence-corrected chi connectivity index (χ1v) is 8.25. The number of ether oxygens (including phenoxy) is 1. The molecular weight excluding hydrogens is 298 g/mol. The van der Waals surface area contributed by atoms with E-state index in [0.29, 0.717) is 11.6 Å². The van der Waals surface area contributed by atoms with E-state index in [0.717, 1.165) is 48.4 Å². The Morgan fingerprint density at radius 2 is 2.23 bits per heavy atom. The van der Waals surface area contributed by atoms with Crippen LogP contribution in [0.5, 0.6) is 5.75 Å². The monoisotopic (exact) mass is 315 g/mol. The van der Waals surface area contributed by atoms with E-state index in [1.54, 1.807) is 0 Å². The smallest absolute Gasteiger partial charge is 0.168 e. The molecule has 1 saturated carbocycles. The largest absolute Gasteiger partial charge is 0.492 e. The predicted molar refractivity (Wildman–Crippen MR) is 86.8 cm³/mol. The molecule has 0 unspecified atom stereocenters. The van der Waals surface area contributed by atoms with E-state index in [4.69, 9.17) is 16.3 Å². The molecule has 1 aliphatic carbocycles. The van der Waals surface area contributed by atoms with Crippen LogP contribution in [-0.2, 0) is 13.0 Å². The van der Waals surface area contributed by atoms with E-state index < -0.39 is 0 Å². The molecule has 0 amide bonds. The highest BCUT2D eigenvalue weighted by molar-refractivity contribution is 6.32. The fourth-order valence-corrected chi connectivity index (χ4v) is 3.47. The summed E-state index contributed by atoms with van der Waals surface area (Å²) in [5.74, 6) is 1.25. The van der Waals surface area contributed by atoms with Crippen molar-refractivity contribution in [3.63, 3.8) is 0 Å². The highest BCUT2D eigenvalue weighted by atomic mass is 35.5. The van der Waals surface area contributed by atoms with Gasteiger partial charge in [0, 0.05) is 29.8 Å². The highest BCUT2D eigenvalue weighted by Crippen LogP contribution is 2.41. The van der Waals surface area contributed by atoms with Crippen molar-refractivity contribution in [1.82, 2.24) is 4.57 Å². The van der Waals surface area contributed by atoms with Gasteiger partial charge in [-0.05, 0) is 49.9 Å². The number of ketones is 1. The number of Topliss-reactive ketones (excluding diaryl/α,β-unsaturated/α-hetero) is 1. The molecule has 4 rings (SSSR count). The van der Waals surface area contributed by atoms with Crippen molar-refractivity contribution < 1.29 is 9.53 Å². The molecule has 1 aliphatic heterocycles. The van der Waals surface area contributed by atoms with Gasteiger partial charge in [-0.25, -0.2) is 0 Å². The van der Waals surface area contributed by atoms with Crippen molar-refractivity contribution in [1.29, 1.82) is 0 Å². The van der Waals surface area contributed by atoms with Gasteiger partial charge in [0.1, 0.15) is 5.75 Å². The molecular formula is C18H18ClNO2. The Balaban J connectivity index is 1.84. The van der Waals surface area contributed by atoms with Gasteiger partial charge in [-0.1, -0.05) is 11.6 Å². The molecule has 4 heteroatoms. The van der Waals surface area contributed by atoms with Gasteiger partial charge >= 0.3 is 0 Å². The molecule has 0 radical (unpaired) electrons. The van der Waals surface area contributed by atoms with Gasteiger partial charge in [-0.15, -0.1) is 0 Å². The first-order chi connectivity index (χ1) is 10.7. The lowest BCUT2D eigenvalue weighted by molar-refractivity contribution is 0.0968. The van der Waals surface area contributed by atoms with Crippen molar-refractivity contribution in [3.05, 3.63) is 40.5 Å². The van der Waals surface area contributed by atoms with Crippen LogP contribution < -0.4 is 4.74 Å². The van der Waals surface area contributed by atoms with Crippen molar-refractivity contribution in [2.45, 2.75) is 32.7 Å². The molecule has 0 atom stereocenters. The molecule has 1 aromatic carbocycles. The third kappa shape index (κ3) is 2.15. The van der Waals surface area contributed by atoms with Gasteiger partial charge in [0.25, 0.3) is 0 Å². The number of benzene rings is 1. The van der Waals surface area contributed by atoms with Crippen LogP contribution in [-0.4, -0.2) is 17.0 Å². The van der Waals surface area contributed by atoms with Crippen molar-refractivity contribution in [2.75, 3.05) is 6.61 Å². The first-order valence-electron chi connectivity index (χ1n) is 7.88. The van der Waals surface area contributed by atoms with Crippen molar-refractivity contribution >= 4 is 17.4 Å². The summed E-state index contributed by atoms with van der Waals surface area (Å²) in [5, 5.41) is 0.611. The lowest BCUT2D eigenvalue weighted by Gasteiger charge is -2.22. The van der Waals surface area contributed by atoms with Gasteiger partial charge in [0.2, 0.25) is 0 Å². The van der Waals surface area contributed by atoms with E-state index in [1.807, 2.05) is 31.3 Å². The van der Waals surface area contributed by atoms with Crippen LogP contribution in [0.2, 0.25) is 5.02 Å². The maximum atomic E-state index is 12.5. The zero-order chi connectivity index (χ0) is 15.3. The highest BCUT2D eigenvalue weighted by Gasteiger charge is 2.34. The quantitative estimate of drug-likeness (QED) is 0.785. The predicted octanol–water partition coefficient (Wildman–Crippen LogP) is 4.36. The molecule has 1 fully saturated rings. The van der Waals surface area contributed by atoms with Gasteiger partial charge < -0.3 is 9.30 Å². The summed E-state index contributed by atoms with van der Waals surface area (Å²) >= 11 is 6.36. The van der Waals surface area contributed by atoms with Crippen LogP contribution >= 0.6 is 11.6 Å². The van der Waals surface area contributed by atoms with Crippen LogP contribution in [0.15, 0.2) is 24.4 Å². The van der Waals surface area contributed by atoms with Crippen molar-refractivity contribution in [2.24, 2.45) is 5.92 Å². The first kappa shape index (κ1) is 13.9. The van der Waals surface area contributed by atoms with Crippen LogP contribution in [0, 0.1) is 5.92 Å². The molecule has 114 valence electrons. The SMILES string of the molecule is CCOc1cc2c(cc1Cl)-c1c(C(=O)C3CC3)ccn1CC2. The number of fused-ring (bicyclic) bond motifs is 3. The Bertz CT molecular complexity index is 759. The maximum absolute atomic E-state index is 12.5. The normalized spacial score (nSPS) is 16.1. The summed E-state index contributed by atoms with van der Waals surface area (Å²) in [4.78, 5) is 12.5. The average Bonchev–Trinajstić information content (AvgIpc) is 3.27. The average molecular weight is 316 g/mol. The van der Waals surface area contributed by atoms with Crippen molar-refractivity contribution in [3.8, 4) is 17.0 Å². The Hall–Kier alpha value is -1.74. The summed E-state index contributed by atoms with van der Waals surface area (Å²) in [6.07, 6.45) is 5.02. The summed E-state index contributed by atoms with van der Waals surface area (Å²) in [5.41, 5.74) is 4.17. The van der Waals surface area contributed by atoms with Gasteiger partial charge in [-0.3, -0.25) is 4.79 Å². The molecule has 0 N–H and O–H groups in total. The van der Waals surface area contributed by atoms with E-state index in [9.17, 15) is 4.79 Å². The number of carbonyl (C=O) groups is 1. The lowest BCUT2D eigenvalue weighted by Crippen LogP contribution is -2.13. The molecule has 0 saturated heterocycles. The van der Waals surface area contributed by atoms with Crippen LogP contribution in [0.25, 0.3) is 11.3 Å². The Morgan fingerprint density at radius 3 is 2.95 bits per heavy atom. The number of carbonyl (C=O) groups excluding carboxylic acids is 1. The molecule has 1 aromatic heterocycles. The van der Waals surface area contributed by atoms with E-state index in [2.05, 4.69) is 4.57 Å². The topological polar surface area (TPSA) is 31.2 Å². The molecule has 22 heavy (non-hydrogen) atoms. The third-order valence-corrected chi connectivity index (χ3v) is 4.81. The second-order valence-corrected chi connectivity index (χ2v) is 6.44. The number of aromatic nitrogens is 1. The second kappa shape index (κ2) is 5.17. The van der Waals surface area contributed by atoms with Crippen LogP contribution in [0.1, 0.15) is 35.7 Å². The minimum Gasteiger partial charge on any atom is -0.492 e. The molecule has 2 heterocycles. The van der Waals surface area contributed by atoms with Gasteiger partial charge in [0.05, 0.1) is 17.3 Å². The number of nitrogens with zero attached hydrogens (tertiary/aromatic N) is 1. The summed E-state index contributed by atoms with van der Waals surface area (Å²) in [6, 6.07) is 5.95. The maximum Gasteiger partial charge on any atom is 0.168 e. The Morgan fingerprint density at radius 1 is 1.41 bits per heavy atom. The minimum absolute atomic E-state index is 0.232. The van der Waals surface area contributed by atoms with Crippen LogP contribution in [0.3, 0.4) is 0 Å². The number of rotatable bonds is 4. The molecule has 0 bridgehead atoms. The van der Waals surface area contributed by atoms with Gasteiger partial charge in [0.15, 0.2) is 5.78 Å². The fourth-order valence-electron chi connectivity index (χ4n) is 3.25. The molecule has 3 nitrogen and oxygen atoms in total. The van der Waals surface area contributed by atoms with Gasteiger partial charge in [-0.2, -0.15) is 0 Å². The number of hydrogen-bond donors (Lipinski definition) is 0. The Kier molecular flexibility index (Phi) is 3.26. The van der Waals surface area contributed by atoms with E-state index in [-0.39, 0.29) is 11.7 Å². The van der Waals surface area contributed by atoms with Crippen LogP contribution in [0.4, 0.5) is 0 Å². The second-order valence-electron chi connectivity index (χ2n) is 6.03. The summed E-state index contributed by atoms with van der Waals surface area (Å²) in [6.45, 7) is 3.45.